The number of hydrogen-bond donors (Lipinski definition) is 2. The zero-order chi connectivity index (χ0) is 16.3. The van der Waals surface area contributed by atoms with Gasteiger partial charge in [-0.25, -0.2) is 4.68 Å². The fourth-order valence-electron chi connectivity index (χ4n) is 3.78. The number of amides is 1. The van der Waals surface area contributed by atoms with E-state index >= 15 is 0 Å². The second-order valence-corrected chi connectivity index (χ2v) is 7.07. The average molecular weight is 393 g/mol. The minimum atomic E-state index is -0.113. The molecular weight excluding hydrogens is 363 g/mol. The maximum absolute atomic E-state index is 12.4. The molecule has 1 amide bonds. The van der Waals surface area contributed by atoms with Gasteiger partial charge in [-0.2, -0.15) is 0 Å². The molecule has 1 aromatic heterocycles. The van der Waals surface area contributed by atoms with Gasteiger partial charge in [-0.15, -0.1) is 29.9 Å². The number of rotatable bonds is 5. The molecule has 0 aromatic carbocycles. The molecule has 0 radical (unpaired) electrons. The van der Waals surface area contributed by atoms with Gasteiger partial charge in [0.25, 0.3) is 5.91 Å². The Balaban J connectivity index is 0.00000156. The van der Waals surface area contributed by atoms with Gasteiger partial charge >= 0.3 is 0 Å². The Morgan fingerprint density at radius 1 is 1.32 bits per heavy atom. The van der Waals surface area contributed by atoms with E-state index in [1.807, 2.05) is 4.68 Å². The minimum Gasteiger partial charge on any atom is -0.349 e. The molecule has 0 atom stereocenters. The third kappa shape index (κ3) is 5.06. The van der Waals surface area contributed by atoms with E-state index in [4.69, 9.17) is 0 Å². The van der Waals surface area contributed by atoms with E-state index < -0.39 is 0 Å². The van der Waals surface area contributed by atoms with Gasteiger partial charge < -0.3 is 15.5 Å². The van der Waals surface area contributed by atoms with Crippen LogP contribution in [0.4, 0.5) is 0 Å². The van der Waals surface area contributed by atoms with Crippen molar-refractivity contribution in [1.29, 1.82) is 0 Å². The van der Waals surface area contributed by atoms with E-state index in [1.54, 1.807) is 6.20 Å². The van der Waals surface area contributed by atoms with Crippen molar-refractivity contribution in [3.63, 3.8) is 0 Å². The Kier molecular flexibility index (Phi) is 8.60. The number of halogens is 2. The molecule has 3 rings (SSSR count). The van der Waals surface area contributed by atoms with Crippen LogP contribution >= 0.6 is 24.8 Å². The molecule has 1 saturated heterocycles. The summed E-state index contributed by atoms with van der Waals surface area (Å²) >= 11 is 0. The molecule has 2 fully saturated rings. The SMILES string of the molecule is CN(C)C1(CNC(=O)c2cn(C3CCNCC3)nn2)CCCC1.Cl.Cl. The second-order valence-electron chi connectivity index (χ2n) is 7.07. The van der Waals surface area contributed by atoms with Gasteiger partial charge in [0.05, 0.1) is 12.2 Å². The maximum Gasteiger partial charge on any atom is 0.273 e. The molecule has 2 heterocycles. The summed E-state index contributed by atoms with van der Waals surface area (Å²) in [7, 11) is 4.20. The monoisotopic (exact) mass is 392 g/mol. The standard InChI is InChI=1S/C16H28N6O.2ClH/c1-21(2)16(7-3-4-8-16)12-18-15(23)14-11-22(20-19-14)13-5-9-17-10-6-13;;/h11,13,17H,3-10,12H2,1-2H3,(H,18,23);2*1H. The molecule has 1 aromatic rings. The van der Waals surface area contributed by atoms with Crippen LogP contribution in [-0.2, 0) is 0 Å². The van der Waals surface area contributed by atoms with Crippen molar-refractivity contribution in [1.82, 2.24) is 30.5 Å². The zero-order valence-electron chi connectivity index (χ0n) is 15.0. The lowest BCUT2D eigenvalue weighted by molar-refractivity contribution is 0.0895. The Morgan fingerprint density at radius 2 is 1.96 bits per heavy atom. The second kappa shape index (κ2) is 9.71. The highest BCUT2D eigenvalue weighted by atomic mass is 35.5. The van der Waals surface area contributed by atoms with Crippen LogP contribution in [-0.4, -0.2) is 65.1 Å². The van der Waals surface area contributed by atoms with Crippen LogP contribution in [0.15, 0.2) is 6.20 Å². The summed E-state index contributed by atoms with van der Waals surface area (Å²) in [5.41, 5.74) is 0.524. The number of carbonyl (C=O) groups is 1. The summed E-state index contributed by atoms with van der Waals surface area (Å²) in [5, 5.41) is 14.6. The van der Waals surface area contributed by atoms with E-state index in [2.05, 4.69) is 39.9 Å². The Labute approximate surface area is 162 Å². The molecule has 144 valence electrons. The molecule has 7 nitrogen and oxygen atoms in total. The Hall–Kier alpha value is -0.890. The van der Waals surface area contributed by atoms with Crippen molar-refractivity contribution in [2.24, 2.45) is 0 Å². The summed E-state index contributed by atoms with van der Waals surface area (Å²) in [4.78, 5) is 14.7. The summed E-state index contributed by atoms with van der Waals surface area (Å²) in [5.74, 6) is -0.113. The molecule has 25 heavy (non-hydrogen) atoms. The van der Waals surface area contributed by atoms with E-state index in [0.717, 1.165) is 38.8 Å². The lowest BCUT2D eigenvalue weighted by Gasteiger charge is -2.36. The maximum atomic E-state index is 12.4. The van der Waals surface area contributed by atoms with Crippen molar-refractivity contribution >= 4 is 30.7 Å². The fourth-order valence-corrected chi connectivity index (χ4v) is 3.78. The molecule has 2 N–H and O–H groups in total. The zero-order valence-corrected chi connectivity index (χ0v) is 16.7. The molecule has 0 bridgehead atoms. The van der Waals surface area contributed by atoms with Crippen LogP contribution in [0, 0.1) is 0 Å². The van der Waals surface area contributed by atoms with Crippen molar-refractivity contribution in [3.8, 4) is 0 Å². The Bertz CT molecular complexity index is 538. The highest BCUT2D eigenvalue weighted by Gasteiger charge is 2.36. The minimum absolute atomic E-state index is 0. The first-order valence-corrected chi connectivity index (χ1v) is 8.69. The van der Waals surface area contributed by atoms with E-state index in [0.29, 0.717) is 18.3 Å². The van der Waals surface area contributed by atoms with E-state index in [9.17, 15) is 4.79 Å². The quantitative estimate of drug-likeness (QED) is 0.796. The van der Waals surface area contributed by atoms with Crippen LogP contribution in [0.25, 0.3) is 0 Å². The van der Waals surface area contributed by atoms with Gasteiger partial charge in [-0.1, -0.05) is 18.1 Å². The normalized spacial score (nSPS) is 20.0. The summed E-state index contributed by atoms with van der Waals surface area (Å²) in [6.07, 6.45) is 8.62. The van der Waals surface area contributed by atoms with Crippen LogP contribution in [0.1, 0.15) is 55.1 Å². The third-order valence-corrected chi connectivity index (χ3v) is 5.49. The summed E-state index contributed by atoms with van der Waals surface area (Å²) in [6, 6.07) is 0.355. The van der Waals surface area contributed by atoms with Crippen molar-refractivity contribution in [2.45, 2.75) is 50.1 Å². The van der Waals surface area contributed by atoms with Gasteiger partial charge in [0.15, 0.2) is 5.69 Å². The van der Waals surface area contributed by atoms with Crippen LogP contribution in [0.2, 0.25) is 0 Å². The van der Waals surface area contributed by atoms with Gasteiger partial charge in [0.1, 0.15) is 0 Å². The molecule has 2 aliphatic rings. The summed E-state index contributed by atoms with van der Waals surface area (Å²) in [6.45, 7) is 2.67. The smallest absolute Gasteiger partial charge is 0.273 e. The highest BCUT2D eigenvalue weighted by molar-refractivity contribution is 5.91. The number of carbonyl (C=O) groups excluding carboxylic acids is 1. The number of nitrogens with zero attached hydrogens (tertiary/aromatic N) is 4. The predicted octanol–water partition coefficient (Wildman–Crippen LogP) is 1.65. The highest BCUT2D eigenvalue weighted by Crippen LogP contribution is 2.33. The lowest BCUT2D eigenvalue weighted by atomic mass is 9.96. The number of nitrogens with one attached hydrogen (secondary N) is 2. The fraction of sp³-hybridized carbons (Fsp3) is 0.812. The summed E-state index contributed by atoms with van der Waals surface area (Å²) < 4.78 is 1.85. The number of hydrogen-bond acceptors (Lipinski definition) is 5. The predicted molar refractivity (Wildman–Crippen MR) is 103 cm³/mol. The van der Waals surface area contributed by atoms with Gasteiger partial charge in [-0.05, 0) is 52.9 Å². The molecule has 9 heteroatoms. The van der Waals surface area contributed by atoms with E-state index in [-0.39, 0.29) is 36.3 Å². The molecule has 1 saturated carbocycles. The molecular formula is C16H30Cl2N6O. The first-order chi connectivity index (χ1) is 11.1. The van der Waals surface area contributed by atoms with Gasteiger partial charge in [-0.3, -0.25) is 4.79 Å². The number of likely N-dealkylation sites (N-methyl/N-ethyl adjacent to an activating group) is 1. The first kappa shape index (κ1) is 22.2. The molecule has 1 aliphatic heterocycles. The Morgan fingerprint density at radius 3 is 2.56 bits per heavy atom. The average Bonchev–Trinajstić information content (AvgIpc) is 3.24. The van der Waals surface area contributed by atoms with Gasteiger partial charge in [0.2, 0.25) is 0 Å². The van der Waals surface area contributed by atoms with Crippen LogP contribution in [0.3, 0.4) is 0 Å². The van der Waals surface area contributed by atoms with Crippen molar-refractivity contribution < 1.29 is 4.79 Å². The molecule has 0 spiro atoms. The van der Waals surface area contributed by atoms with Crippen molar-refractivity contribution in [2.75, 3.05) is 33.7 Å². The van der Waals surface area contributed by atoms with E-state index in [1.165, 1.54) is 12.8 Å². The largest absolute Gasteiger partial charge is 0.349 e. The topological polar surface area (TPSA) is 75.1 Å². The van der Waals surface area contributed by atoms with Crippen molar-refractivity contribution in [3.05, 3.63) is 11.9 Å². The van der Waals surface area contributed by atoms with Crippen LogP contribution < -0.4 is 10.6 Å². The third-order valence-electron chi connectivity index (χ3n) is 5.49. The molecule has 0 unspecified atom stereocenters. The number of piperidine rings is 1. The number of aromatic nitrogens is 3. The van der Waals surface area contributed by atoms with Gasteiger partial charge in [0, 0.05) is 12.1 Å². The van der Waals surface area contributed by atoms with Crippen LogP contribution in [0.5, 0.6) is 0 Å². The molecule has 1 aliphatic carbocycles. The lowest BCUT2D eigenvalue weighted by Crippen LogP contribution is -2.50. The first-order valence-electron chi connectivity index (χ1n) is 8.69.